The minimum absolute atomic E-state index is 0.0260. The van der Waals surface area contributed by atoms with E-state index in [1.165, 1.54) is 10.5 Å². The fraction of sp³-hybridized carbons (Fsp3) is 0.400. The van der Waals surface area contributed by atoms with E-state index in [-0.39, 0.29) is 24.3 Å². The molecular formula is C15H16N2O3. The Kier molecular flexibility index (Phi) is 3.04. The van der Waals surface area contributed by atoms with Crippen LogP contribution in [0.1, 0.15) is 30.4 Å². The number of amides is 3. The number of fused-ring (bicyclic) bond motifs is 1. The number of carbonyl (C=O) groups excluding carboxylic acids is 3. The first kappa shape index (κ1) is 12.8. The number of nitrogens with one attached hydrogen (secondary N) is 1. The number of rotatable bonds is 2. The number of benzene rings is 1. The smallest absolute Gasteiger partial charge is 0.249 e. The predicted octanol–water partition coefficient (Wildman–Crippen LogP) is 0.590. The standard InChI is InChI=1S/C15H16N2O3/c1-2-12-14(19)16-13(18)8-17(12)15(20)11-7-9-5-3-4-6-10(9)11/h3-6,11-12H,2,7-8H2,1H3,(H,16,18,19). The first-order chi connectivity index (χ1) is 9.61. The van der Waals surface area contributed by atoms with Gasteiger partial charge in [0.05, 0.1) is 5.92 Å². The summed E-state index contributed by atoms with van der Waals surface area (Å²) >= 11 is 0. The van der Waals surface area contributed by atoms with Gasteiger partial charge in [-0.2, -0.15) is 0 Å². The summed E-state index contributed by atoms with van der Waals surface area (Å²) in [4.78, 5) is 37.3. The molecule has 2 unspecified atom stereocenters. The van der Waals surface area contributed by atoms with E-state index in [0.29, 0.717) is 12.8 Å². The Bertz CT molecular complexity index is 597. The van der Waals surface area contributed by atoms with E-state index in [1.807, 2.05) is 31.2 Å². The van der Waals surface area contributed by atoms with E-state index in [9.17, 15) is 14.4 Å². The predicted molar refractivity (Wildman–Crippen MR) is 71.8 cm³/mol. The van der Waals surface area contributed by atoms with Crippen LogP contribution in [0.15, 0.2) is 24.3 Å². The van der Waals surface area contributed by atoms with E-state index in [0.717, 1.165) is 5.56 Å². The molecule has 1 heterocycles. The first-order valence-corrected chi connectivity index (χ1v) is 6.83. The molecule has 0 bridgehead atoms. The topological polar surface area (TPSA) is 66.5 Å². The molecular weight excluding hydrogens is 256 g/mol. The summed E-state index contributed by atoms with van der Waals surface area (Å²) < 4.78 is 0. The van der Waals surface area contributed by atoms with Crippen LogP contribution in [0.3, 0.4) is 0 Å². The Hall–Kier alpha value is -2.17. The summed E-state index contributed by atoms with van der Waals surface area (Å²) in [6.07, 6.45) is 1.21. The fourth-order valence-corrected chi connectivity index (χ4v) is 2.98. The van der Waals surface area contributed by atoms with E-state index in [1.54, 1.807) is 0 Å². The number of imide groups is 1. The molecule has 0 saturated carbocycles. The second kappa shape index (κ2) is 4.74. The molecule has 0 spiro atoms. The van der Waals surface area contributed by atoms with Gasteiger partial charge in [-0.3, -0.25) is 19.7 Å². The van der Waals surface area contributed by atoms with Crippen molar-refractivity contribution in [3.05, 3.63) is 35.4 Å². The average molecular weight is 272 g/mol. The lowest BCUT2D eigenvalue weighted by Crippen LogP contribution is -2.60. The number of hydrogen-bond donors (Lipinski definition) is 1. The minimum Gasteiger partial charge on any atom is -0.321 e. The Morgan fingerprint density at radius 3 is 2.80 bits per heavy atom. The first-order valence-electron chi connectivity index (χ1n) is 6.83. The second-order valence-electron chi connectivity index (χ2n) is 5.26. The monoisotopic (exact) mass is 272 g/mol. The zero-order valence-electron chi connectivity index (χ0n) is 11.3. The van der Waals surface area contributed by atoms with Gasteiger partial charge in [0.15, 0.2) is 0 Å². The van der Waals surface area contributed by atoms with Gasteiger partial charge in [-0.1, -0.05) is 31.2 Å². The Morgan fingerprint density at radius 1 is 1.35 bits per heavy atom. The van der Waals surface area contributed by atoms with Gasteiger partial charge in [-0.25, -0.2) is 0 Å². The van der Waals surface area contributed by atoms with E-state index < -0.39 is 11.9 Å². The summed E-state index contributed by atoms with van der Waals surface area (Å²) in [6, 6.07) is 7.27. The van der Waals surface area contributed by atoms with Crippen LogP contribution in [0.5, 0.6) is 0 Å². The van der Waals surface area contributed by atoms with E-state index >= 15 is 0 Å². The van der Waals surface area contributed by atoms with Crippen molar-refractivity contribution in [2.24, 2.45) is 0 Å². The highest BCUT2D eigenvalue weighted by Crippen LogP contribution is 2.36. The van der Waals surface area contributed by atoms with Gasteiger partial charge in [0, 0.05) is 0 Å². The van der Waals surface area contributed by atoms with Crippen LogP contribution in [0.25, 0.3) is 0 Å². The highest BCUT2D eigenvalue weighted by atomic mass is 16.2. The van der Waals surface area contributed by atoms with Gasteiger partial charge in [-0.05, 0) is 24.0 Å². The van der Waals surface area contributed by atoms with Gasteiger partial charge >= 0.3 is 0 Å². The van der Waals surface area contributed by atoms with Gasteiger partial charge in [-0.15, -0.1) is 0 Å². The lowest BCUT2D eigenvalue weighted by molar-refractivity contribution is -0.151. The molecule has 20 heavy (non-hydrogen) atoms. The molecule has 1 fully saturated rings. The molecule has 1 aliphatic carbocycles. The van der Waals surface area contributed by atoms with Crippen molar-refractivity contribution in [1.82, 2.24) is 10.2 Å². The van der Waals surface area contributed by atoms with Crippen LogP contribution in [0.2, 0.25) is 0 Å². The second-order valence-corrected chi connectivity index (χ2v) is 5.26. The quantitative estimate of drug-likeness (QED) is 0.801. The van der Waals surface area contributed by atoms with E-state index in [2.05, 4.69) is 5.32 Å². The molecule has 0 radical (unpaired) electrons. The maximum Gasteiger partial charge on any atom is 0.249 e. The van der Waals surface area contributed by atoms with Crippen molar-refractivity contribution in [3.63, 3.8) is 0 Å². The summed E-state index contributed by atoms with van der Waals surface area (Å²) in [6.45, 7) is 1.82. The number of hydrogen-bond acceptors (Lipinski definition) is 3. The third kappa shape index (κ3) is 1.90. The summed E-state index contributed by atoms with van der Waals surface area (Å²) in [5, 5.41) is 2.29. The zero-order chi connectivity index (χ0) is 14.3. The van der Waals surface area contributed by atoms with Gasteiger partial charge < -0.3 is 4.90 Å². The molecule has 3 rings (SSSR count). The van der Waals surface area contributed by atoms with Gasteiger partial charge in [0.25, 0.3) is 0 Å². The lowest BCUT2D eigenvalue weighted by Gasteiger charge is -2.39. The summed E-state index contributed by atoms with van der Waals surface area (Å²) in [5.41, 5.74) is 2.19. The van der Waals surface area contributed by atoms with Crippen LogP contribution < -0.4 is 5.32 Å². The van der Waals surface area contributed by atoms with Gasteiger partial charge in [0.2, 0.25) is 17.7 Å². The van der Waals surface area contributed by atoms with E-state index in [4.69, 9.17) is 0 Å². The molecule has 3 amide bonds. The molecule has 104 valence electrons. The third-order valence-electron chi connectivity index (χ3n) is 4.08. The highest BCUT2D eigenvalue weighted by Gasteiger charge is 2.41. The molecule has 0 aromatic heterocycles. The number of carbonyl (C=O) groups is 3. The van der Waals surface area contributed by atoms with Crippen LogP contribution in [0, 0.1) is 0 Å². The Balaban J connectivity index is 1.83. The molecule has 1 aromatic rings. The van der Waals surface area contributed by atoms with Crippen molar-refractivity contribution in [3.8, 4) is 0 Å². The molecule has 1 aromatic carbocycles. The number of piperazine rings is 1. The average Bonchev–Trinajstić information content (AvgIpc) is 2.39. The Morgan fingerprint density at radius 2 is 2.10 bits per heavy atom. The normalized spacial score (nSPS) is 24.8. The third-order valence-corrected chi connectivity index (χ3v) is 4.08. The summed E-state index contributed by atoms with van der Waals surface area (Å²) in [7, 11) is 0. The van der Waals surface area contributed by atoms with Crippen molar-refractivity contribution in [2.45, 2.75) is 31.7 Å². The van der Waals surface area contributed by atoms with Crippen molar-refractivity contribution in [1.29, 1.82) is 0 Å². The Labute approximate surface area is 116 Å². The molecule has 1 N–H and O–H groups in total. The molecule has 1 aliphatic heterocycles. The van der Waals surface area contributed by atoms with Gasteiger partial charge in [0.1, 0.15) is 12.6 Å². The van der Waals surface area contributed by atoms with Crippen LogP contribution in [0.4, 0.5) is 0 Å². The van der Waals surface area contributed by atoms with Crippen LogP contribution in [-0.2, 0) is 20.8 Å². The lowest BCUT2D eigenvalue weighted by atomic mass is 9.76. The molecule has 5 nitrogen and oxygen atoms in total. The van der Waals surface area contributed by atoms with Crippen molar-refractivity contribution in [2.75, 3.05) is 6.54 Å². The van der Waals surface area contributed by atoms with Crippen LogP contribution >= 0.6 is 0 Å². The highest BCUT2D eigenvalue weighted by molar-refractivity contribution is 6.05. The molecule has 2 aliphatic rings. The summed E-state index contributed by atoms with van der Waals surface area (Å²) in [5.74, 6) is -1.09. The van der Waals surface area contributed by atoms with Crippen molar-refractivity contribution >= 4 is 17.7 Å². The molecule has 1 saturated heterocycles. The SMILES string of the molecule is CCC1C(=O)NC(=O)CN1C(=O)C1Cc2ccccc21. The van der Waals surface area contributed by atoms with Crippen LogP contribution in [-0.4, -0.2) is 35.2 Å². The van der Waals surface area contributed by atoms with Crippen molar-refractivity contribution < 1.29 is 14.4 Å². The maximum atomic E-state index is 12.6. The zero-order valence-corrected chi connectivity index (χ0v) is 11.3. The fourth-order valence-electron chi connectivity index (χ4n) is 2.98. The minimum atomic E-state index is -0.534. The maximum absolute atomic E-state index is 12.6. The largest absolute Gasteiger partial charge is 0.321 e. The molecule has 5 heteroatoms. The number of nitrogens with zero attached hydrogens (tertiary/aromatic N) is 1. The molecule has 2 atom stereocenters.